The predicted molar refractivity (Wildman–Crippen MR) is 69.8 cm³/mol. The summed E-state index contributed by atoms with van der Waals surface area (Å²) in [6.45, 7) is 4.31. The van der Waals surface area contributed by atoms with Gasteiger partial charge in [0.1, 0.15) is 5.76 Å². The fourth-order valence-corrected chi connectivity index (χ4v) is 1.44. The quantitative estimate of drug-likeness (QED) is 0.571. The molecule has 1 aromatic rings. The monoisotopic (exact) mass is 273 g/mol. The van der Waals surface area contributed by atoms with Gasteiger partial charge in [0.2, 0.25) is 0 Å². The standard InChI is InChI=1S/C13H23NO5/c1-15-4-5-16-6-7-17-8-9-18-11-12-2-3-19-13(12)10-14/h2-3H,4-11,14H2,1H3. The van der Waals surface area contributed by atoms with Gasteiger partial charge in [0, 0.05) is 12.7 Å². The molecule has 0 spiro atoms. The van der Waals surface area contributed by atoms with Crippen LogP contribution in [0, 0.1) is 0 Å². The van der Waals surface area contributed by atoms with Gasteiger partial charge in [0.05, 0.1) is 59.1 Å². The van der Waals surface area contributed by atoms with Crippen molar-refractivity contribution in [2.45, 2.75) is 13.2 Å². The molecule has 6 nitrogen and oxygen atoms in total. The number of ether oxygens (including phenoxy) is 4. The molecule has 2 N–H and O–H groups in total. The number of methoxy groups -OCH3 is 1. The number of nitrogens with two attached hydrogens (primary N) is 1. The maximum Gasteiger partial charge on any atom is 0.122 e. The van der Waals surface area contributed by atoms with Crippen molar-refractivity contribution in [1.29, 1.82) is 0 Å². The fraction of sp³-hybridized carbons (Fsp3) is 0.692. The highest BCUT2D eigenvalue weighted by Crippen LogP contribution is 2.10. The Balaban J connectivity index is 1.89. The van der Waals surface area contributed by atoms with Crippen molar-refractivity contribution >= 4 is 0 Å². The summed E-state index contributed by atoms with van der Waals surface area (Å²) in [5, 5.41) is 0. The second kappa shape index (κ2) is 11.0. The fourth-order valence-electron chi connectivity index (χ4n) is 1.44. The van der Waals surface area contributed by atoms with Gasteiger partial charge in [-0.15, -0.1) is 0 Å². The molecule has 0 aliphatic carbocycles. The third-order valence-electron chi connectivity index (χ3n) is 2.46. The molecule has 0 saturated heterocycles. The van der Waals surface area contributed by atoms with Crippen molar-refractivity contribution < 1.29 is 23.4 Å². The van der Waals surface area contributed by atoms with E-state index < -0.39 is 0 Å². The molecule has 0 aliphatic heterocycles. The molecule has 0 fully saturated rings. The van der Waals surface area contributed by atoms with Gasteiger partial charge < -0.3 is 29.1 Å². The zero-order valence-electron chi connectivity index (χ0n) is 11.4. The minimum Gasteiger partial charge on any atom is -0.468 e. The van der Waals surface area contributed by atoms with Crippen LogP contribution in [0.15, 0.2) is 16.7 Å². The topological polar surface area (TPSA) is 76.1 Å². The summed E-state index contributed by atoms with van der Waals surface area (Å²) < 4.78 is 26.1. The van der Waals surface area contributed by atoms with Crippen molar-refractivity contribution in [3.8, 4) is 0 Å². The zero-order chi connectivity index (χ0) is 13.8. The molecule has 19 heavy (non-hydrogen) atoms. The number of hydrogen-bond donors (Lipinski definition) is 1. The van der Waals surface area contributed by atoms with Gasteiger partial charge in [-0.1, -0.05) is 0 Å². The normalized spacial score (nSPS) is 11.1. The van der Waals surface area contributed by atoms with Crippen LogP contribution in [0.4, 0.5) is 0 Å². The van der Waals surface area contributed by atoms with Crippen LogP contribution < -0.4 is 5.73 Å². The Kier molecular flexibility index (Phi) is 9.30. The van der Waals surface area contributed by atoms with Crippen LogP contribution in [0.25, 0.3) is 0 Å². The van der Waals surface area contributed by atoms with E-state index in [0.717, 1.165) is 11.3 Å². The van der Waals surface area contributed by atoms with Gasteiger partial charge in [0.25, 0.3) is 0 Å². The van der Waals surface area contributed by atoms with Crippen molar-refractivity contribution in [3.05, 3.63) is 23.7 Å². The van der Waals surface area contributed by atoms with E-state index in [4.69, 9.17) is 29.1 Å². The van der Waals surface area contributed by atoms with Crippen LogP contribution in [0.5, 0.6) is 0 Å². The lowest BCUT2D eigenvalue weighted by Gasteiger charge is -2.06. The molecular formula is C13H23NO5. The van der Waals surface area contributed by atoms with Gasteiger partial charge in [-0.05, 0) is 6.07 Å². The second-order valence-electron chi connectivity index (χ2n) is 3.84. The van der Waals surface area contributed by atoms with E-state index in [-0.39, 0.29) is 0 Å². The number of hydrogen-bond acceptors (Lipinski definition) is 6. The van der Waals surface area contributed by atoms with E-state index in [1.165, 1.54) is 0 Å². The molecule has 0 atom stereocenters. The Labute approximate surface area is 113 Å². The molecule has 0 bridgehead atoms. The van der Waals surface area contributed by atoms with Crippen LogP contribution in [-0.2, 0) is 32.1 Å². The van der Waals surface area contributed by atoms with Crippen LogP contribution >= 0.6 is 0 Å². The second-order valence-corrected chi connectivity index (χ2v) is 3.84. The summed E-state index contributed by atoms with van der Waals surface area (Å²) >= 11 is 0. The molecule has 0 aliphatic rings. The van der Waals surface area contributed by atoms with Crippen molar-refractivity contribution in [2.75, 3.05) is 46.8 Å². The third kappa shape index (κ3) is 7.29. The van der Waals surface area contributed by atoms with E-state index >= 15 is 0 Å². The Bertz CT molecular complexity index is 316. The lowest BCUT2D eigenvalue weighted by atomic mass is 10.2. The van der Waals surface area contributed by atoms with Gasteiger partial charge >= 0.3 is 0 Å². The van der Waals surface area contributed by atoms with Crippen molar-refractivity contribution in [3.63, 3.8) is 0 Å². The molecule has 0 aromatic carbocycles. The van der Waals surface area contributed by atoms with Gasteiger partial charge in [-0.25, -0.2) is 0 Å². The lowest BCUT2D eigenvalue weighted by Crippen LogP contribution is -2.11. The average Bonchev–Trinajstić information content (AvgIpc) is 2.88. The number of furan rings is 1. The van der Waals surface area contributed by atoms with Crippen LogP contribution in [-0.4, -0.2) is 46.8 Å². The summed E-state index contributed by atoms with van der Waals surface area (Å²) in [4.78, 5) is 0. The molecule has 0 saturated carbocycles. The first-order chi connectivity index (χ1) is 9.38. The average molecular weight is 273 g/mol. The SMILES string of the molecule is COCCOCCOCCOCc1ccoc1CN. The Morgan fingerprint density at radius 1 is 1.00 bits per heavy atom. The highest BCUT2D eigenvalue weighted by Gasteiger charge is 2.03. The first-order valence-electron chi connectivity index (χ1n) is 6.36. The molecule has 0 amide bonds. The molecule has 1 heterocycles. The molecule has 1 rings (SSSR count). The predicted octanol–water partition coefficient (Wildman–Crippen LogP) is 0.934. The Morgan fingerprint density at radius 3 is 2.26 bits per heavy atom. The van der Waals surface area contributed by atoms with Gasteiger partial charge in [-0.2, -0.15) is 0 Å². The molecular weight excluding hydrogens is 250 g/mol. The van der Waals surface area contributed by atoms with Gasteiger partial charge in [-0.3, -0.25) is 0 Å². The Hall–Kier alpha value is -0.920. The van der Waals surface area contributed by atoms with E-state index in [1.54, 1.807) is 13.4 Å². The zero-order valence-corrected chi connectivity index (χ0v) is 11.4. The minimum absolute atomic E-state index is 0.390. The smallest absolute Gasteiger partial charge is 0.122 e. The summed E-state index contributed by atoms with van der Waals surface area (Å²) in [6, 6.07) is 1.87. The molecule has 6 heteroatoms. The maximum atomic E-state index is 5.52. The first-order valence-corrected chi connectivity index (χ1v) is 6.36. The van der Waals surface area contributed by atoms with Crippen LogP contribution in [0.3, 0.4) is 0 Å². The van der Waals surface area contributed by atoms with Crippen molar-refractivity contribution in [1.82, 2.24) is 0 Å². The first kappa shape index (κ1) is 16.1. The van der Waals surface area contributed by atoms with Crippen LogP contribution in [0.1, 0.15) is 11.3 Å². The third-order valence-corrected chi connectivity index (χ3v) is 2.46. The summed E-state index contributed by atoms with van der Waals surface area (Å²) in [6.07, 6.45) is 1.62. The highest BCUT2D eigenvalue weighted by molar-refractivity contribution is 5.15. The van der Waals surface area contributed by atoms with E-state index in [1.807, 2.05) is 6.07 Å². The van der Waals surface area contributed by atoms with E-state index in [9.17, 15) is 0 Å². The molecule has 1 aromatic heterocycles. The van der Waals surface area contributed by atoms with Crippen LogP contribution in [0.2, 0.25) is 0 Å². The maximum absolute atomic E-state index is 5.52. The minimum atomic E-state index is 0.390. The van der Waals surface area contributed by atoms with E-state index in [0.29, 0.717) is 52.8 Å². The largest absolute Gasteiger partial charge is 0.468 e. The molecule has 110 valence electrons. The van der Waals surface area contributed by atoms with Gasteiger partial charge in [0.15, 0.2) is 0 Å². The highest BCUT2D eigenvalue weighted by atomic mass is 16.6. The van der Waals surface area contributed by atoms with Crippen molar-refractivity contribution in [2.24, 2.45) is 5.73 Å². The summed E-state index contributed by atoms with van der Waals surface area (Å²) in [5.74, 6) is 0.771. The number of rotatable bonds is 12. The molecule has 0 unspecified atom stereocenters. The summed E-state index contributed by atoms with van der Waals surface area (Å²) in [7, 11) is 1.65. The van der Waals surface area contributed by atoms with E-state index in [2.05, 4.69) is 0 Å². The lowest BCUT2D eigenvalue weighted by molar-refractivity contribution is 0.000714. The summed E-state index contributed by atoms with van der Waals surface area (Å²) in [5.41, 5.74) is 6.51. The Morgan fingerprint density at radius 2 is 1.63 bits per heavy atom. The molecule has 0 radical (unpaired) electrons.